The van der Waals surface area contributed by atoms with Gasteiger partial charge in [-0.15, -0.1) is 0 Å². The summed E-state index contributed by atoms with van der Waals surface area (Å²) in [5.41, 5.74) is 9.48. The Hall–Kier alpha value is -4.06. The molecule has 1 heterocycles. The van der Waals surface area contributed by atoms with Crippen molar-refractivity contribution in [3.8, 4) is 11.3 Å². The van der Waals surface area contributed by atoms with Crippen LogP contribution < -0.4 is 11.1 Å². The van der Waals surface area contributed by atoms with Crippen molar-refractivity contribution < 1.29 is 9.18 Å². The lowest BCUT2D eigenvalue weighted by Crippen LogP contribution is -2.06. The number of benzene rings is 3. The third-order valence-electron chi connectivity index (χ3n) is 4.39. The van der Waals surface area contributed by atoms with Gasteiger partial charge < -0.3 is 11.1 Å². The van der Waals surface area contributed by atoms with Crippen LogP contribution in [0, 0.1) is 5.82 Å². The van der Waals surface area contributed by atoms with Crippen LogP contribution in [0.5, 0.6) is 0 Å². The maximum Gasteiger partial charge on any atom is 0.227 e. The highest BCUT2D eigenvalue weighted by atomic mass is 19.1. The molecule has 3 aromatic carbocycles. The molecule has 0 spiro atoms. The highest BCUT2D eigenvalue weighted by Gasteiger charge is 2.14. The Morgan fingerprint density at radius 2 is 1.69 bits per heavy atom. The molecule has 0 radical (unpaired) electrons. The Balaban J connectivity index is 1.65. The highest BCUT2D eigenvalue weighted by Crippen LogP contribution is 2.25. The third-order valence-corrected chi connectivity index (χ3v) is 4.39. The zero-order valence-electron chi connectivity index (χ0n) is 15.3. The maximum absolute atomic E-state index is 13.1. The second-order valence-corrected chi connectivity index (χ2v) is 6.39. The number of nitrogens with zero attached hydrogens (tertiary/aromatic N) is 2. The van der Waals surface area contributed by atoms with Gasteiger partial charge in [-0.05, 0) is 42.5 Å². The minimum atomic E-state index is -0.317. The maximum atomic E-state index is 13.1. The summed E-state index contributed by atoms with van der Waals surface area (Å²) in [4.78, 5) is 21.5. The number of ketones is 1. The van der Waals surface area contributed by atoms with Crippen molar-refractivity contribution in [1.29, 1.82) is 0 Å². The molecule has 0 aliphatic heterocycles. The molecule has 29 heavy (non-hydrogen) atoms. The first kappa shape index (κ1) is 18.3. The van der Waals surface area contributed by atoms with Crippen molar-refractivity contribution in [2.75, 3.05) is 11.1 Å². The lowest BCUT2D eigenvalue weighted by atomic mass is 9.98. The largest absolute Gasteiger partial charge is 0.398 e. The van der Waals surface area contributed by atoms with Gasteiger partial charge in [0.25, 0.3) is 0 Å². The molecule has 0 amide bonds. The van der Waals surface area contributed by atoms with Crippen LogP contribution in [0.25, 0.3) is 11.3 Å². The van der Waals surface area contributed by atoms with E-state index >= 15 is 0 Å². The summed E-state index contributed by atoms with van der Waals surface area (Å²) < 4.78 is 13.1. The fourth-order valence-electron chi connectivity index (χ4n) is 2.90. The standard InChI is InChI=1S/C23H17FN4O/c24-17-7-9-18(10-8-17)27-23-26-13-12-21(28-23)16-6-11-20(25)19(14-16)22(29)15-4-2-1-3-5-15/h1-14H,25H2,(H,26,27,28). The summed E-state index contributed by atoms with van der Waals surface area (Å²) in [5, 5.41) is 3.04. The second-order valence-electron chi connectivity index (χ2n) is 6.39. The van der Waals surface area contributed by atoms with Crippen LogP contribution in [0.1, 0.15) is 15.9 Å². The minimum Gasteiger partial charge on any atom is -0.398 e. The molecule has 0 unspecified atom stereocenters. The van der Waals surface area contributed by atoms with Crippen molar-refractivity contribution in [3.05, 3.63) is 102 Å². The number of carbonyl (C=O) groups excluding carboxylic acids is 1. The Labute approximate surface area is 167 Å². The number of hydrogen-bond acceptors (Lipinski definition) is 5. The smallest absolute Gasteiger partial charge is 0.227 e. The summed E-state index contributed by atoms with van der Waals surface area (Å²) in [7, 11) is 0. The van der Waals surface area contributed by atoms with E-state index in [4.69, 9.17) is 5.73 Å². The van der Waals surface area contributed by atoms with Crippen LogP contribution in [-0.4, -0.2) is 15.8 Å². The number of halogens is 1. The number of nitrogens with two attached hydrogens (primary N) is 1. The molecular weight excluding hydrogens is 367 g/mol. The van der Waals surface area contributed by atoms with E-state index in [9.17, 15) is 9.18 Å². The molecule has 0 bridgehead atoms. The second kappa shape index (κ2) is 7.90. The van der Waals surface area contributed by atoms with E-state index in [1.807, 2.05) is 18.2 Å². The Bertz CT molecular complexity index is 1160. The van der Waals surface area contributed by atoms with Gasteiger partial charge in [-0.3, -0.25) is 4.79 Å². The third kappa shape index (κ3) is 4.11. The molecule has 0 saturated carbocycles. The van der Waals surface area contributed by atoms with Crippen LogP contribution in [0.15, 0.2) is 85.1 Å². The number of nitrogen functional groups attached to an aromatic ring is 1. The van der Waals surface area contributed by atoms with Gasteiger partial charge in [0.05, 0.1) is 5.69 Å². The SMILES string of the molecule is Nc1ccc(-c2ccnc(Nc3ccc(F)cc3)n2)cc1C(=O)c1ccccc1. The molecular formula is C23H17FN4O. The van der Waals surface area contributed by atoms with E-state index in [0.29, 0.717) is 34.1 Å². The van der Waals surface area contributed by atoms with Crippen LogP contribution in [-0.2, 0) is 0 Å². The first-order valence-corrected chi connectivity index (χ1v) is 8.95. The van der Waals surface area contributed by atoms with E-state index in [1.54, 1.807) is 54.7 Å². The van der Waals surface area contributed by atoms with Crippen molar-refractivity contribution in [2.24, 2.45) is 0 Å². The molecule has 1 aromatic heterocycles. The predicted octanol–water partition coefficient (Wildman–Crippen LogP) is 4.84. The fraction of sp³-hybridized carbons (Fsp3) is 0. The van der Waals surface area contributed by atoms with Crippen LogP contribution >= 0.6 is 0 Å². The van der Waals surface area contributed by atoms with Crippen LogP contribution in [0.3, 0.4) is 0 Å². The zero-order valence-corrected chi connectivity index (χ0v) is 15.3. The van der Waals surface area contributed by atoms with Gasteiger partial charge in [0, 0.05) is 34.3 Å². The normalized spacial score (nSPS) is 10.5. The summed E-state index contributed by atoms with van der Waals surface area (Å²) >= 11 is 0. The molecule has 142 valence electrons. The minimum absolute atomic E-state index is 0.149. The Morgan fingerprint density at radius 3 is 2.45 bits per heavy atom. The first-order valence-electron chi connectivity index (χ1n) is 8.95. The topological polar surface area (TPSA) is 80.9 Å². The van der Waals surface area contributed by atoms with E-state index in [0.717, 1.165) is 5.56 Å². The average molecular weight is 384 g/mol. The molecule has 6 heteroatoms. The number of rotatable bonds is 5. The van der Waals surface area contributed by atoms with E-state index < -0.39 is 0 Å². The lowest BCUT2D eigenvalue weighted by Gasteiger charge is -2.10. The van der Waals surface area contributed by atoms with E-state index in [-0.39, 0.29) is 11.6 Å². The summed E-state index contributed by atoms with van der Waals surface area (Å²) in [6.07, 6.45) is 1.61. The first-order chi connectivity index (χ1) is 14.1. The number of anilines is 3. The summed E-state index contributed by atoms with van der Waals surface area (Å²) in [6, 6.07) is 21.9. The molecule has 0 saturated heterocycles. The summed E-state index contributed by atoms with van der Waals surface area (Å²) in [6.45, 7) is 0. The highest BCUT2D eigenvalue weighted by molar-refractivity contribution is 6.12. The molecule has 0 aliphatic rings. The Morgan fingerprint density at radius 1 is 0.931 bits per heavy atom. The average Bonchev–Trinajstić information content (AvgIpc) is 2.76. The quantitative estimate of drug-likeness (QED) is 0.380. The molecule has 3 N–H and O–H groups in total. The Kier molecular flexibility index (Phi) is 4.99. The van der Waals surface area contributed by atoms with Crippen molar-refractivity contribution in [2.45, 2.75) is 0 Å². The number of carbonyl (C=O) groups is 1. The lowest BCUT2D eigenvalue weighted by molar-refractivity contribution is 0.103. The number of nitrogens with one attached hydrogen (secondary N) is 1. The van der Waals surface area contributed by atoms with Crippen molar-refractivity contribution >= 4 is 23.1 Å². The zero-order chi connectivity index (χ0) is 20.2. The molecule has 0 atom stereocenters. The number of aromatic nitrogens is 2. The molecule has 4 rings (SSSR count). The van der Waals surface area contributed by atoms with Gasteiger partial charge in [-0.25, -0.2) is 14.4 Å². The van der Waals surface area contributed by atoms with Crippen LogP contribution in [0.2, 0.25) is 0 Å². The van der Waals surface area contributed by atoms with Gasteiger partial charge in [0.2, 0.25) is 5.95 Å². The molecule has 0 aliphatic carbocycles. The van der Waals surface area contributed by atoms with Crippen LogP contribution in [0.4, 0.5) is 21.7 Å². The van der Waals surface area contributed by atoms with Gasteiger partial charge in [0.1, 0.15) is 5.82 Å². The molecule has 4 aromatic rings. The van der Waals surface area contributed by atoms with E-state index in [2.05, 4.69) is 15.3 Å². The van der Waals surface area contributed by atoms with Gasteiger partial charge >= 0.3 is 0 Å². The van der Waals surface area contributed by atoms with Gasteiger partial charge in [-0.1, -0.05) is 36.4 Å². The van der Waals surface area contributed by atoms with Gasteiger partial charge in [0.15, 0.2) is 5.78 Å². The summed E-state index contributed by atoms with van der Waals surface area (Å²) in [5.74, 6) is -0.103. The molecule has 5 nitrogen and oxygen atoms in total. The van der Waals surface area contributed by atoms with Crippen molar-refractivity contribution in [3.63, 3.8) is 0 Å². The monoisotopic (exact) mass is 384 g/mol. The number of hydrogen-bond donors (Lipinski definition) is 2. The fourth-order valence-corrected chi connectivity index (χ4v) is 2.90. The molecule has 0 fully saturated rings. The van der Waals surface area contributed by atoms with Crippen molar-refractivity contribution in [1.82, 2.24) is 9.97 Å². The van der Waals surface area contributed by atoms with Gasteiger partial charge in [-0.2, -0.15) is 0 Å². The predicted molar refractivity (Wildman–Crippen MR) is 111 cm³/mol. The van der Waals surface area contributed by atoms with E-state index in [1.165, 1.54) is 12.1 Å².